The molecule has 0 saturated heterocycles. The first-order valence-corrected chi connectivity index (χ1v) is 11.3. The average Bonchev–Trinajstić information content (AvgIpc) is 2.41. The van der Waals surface area contributed by atoms with Crippen LogP contribution in [0.25, 0.3) is 0 Å². The van der Waals surface area contributed by atoms with Gasteiger partial charge in [0, 0.05) is 3.42 Å². The van der Waals surface area contributed by atoms with Gasteiger partial charge >= 0.3 is 0 Å². The average molecular weight is 504 g/mol. The van der Waals surface area contributed by atoms with Crippen molar-refractivity contribution in [3.63, 3.8) is 0 Å². The van der Waals surface area contributed by atoms with E-state index in [2.05, 4.69) is 66.0 Å². The van der Waals surface area contributed by atoms with Crippen molar-refractivity contribution in [2.75, 3.05) is 4.43 Å². The van der Waals surface area contributed by atoms with Crippen molar-refractivity contribution < 1.29 is 0 Å². The first kappa shape index (κ1) is 19.5. The number of hydrogen-bond acceptors (Lipinski definition) is 0. The number of unbranched alkanes of at least 4 members (excludes halogenated alkanes) is 3. The van der Waals surface area contributed by atoms with E-state index in [-0.39, 0.29) is 0 Å². The third kappa shape index (κ3) is 6.70. The molecule has 0 amide bonds. The molecule has 1 saturated carbocycles. The Kier molecular flexibility index (Phi) is 9.33. The maximum Gasteiger partial charge on any atom is 0.0222 e. The zero-order valence-electron chi connectivity index (χ0n) is 13.8. The highest BCUT2D eigenvalue weighted by molar-refractivity contribution is 14.1. The molecule has 0 aromatic carbocycles. The van der Waals surface area contributed by atoms with Crippen molar-refractivity contribution >= 4 is 45.2 Å². The normalized spacial score (nSPS) is 25.4. The summed E-state index contributed by atoms with van der Waals surface area (Å²) in [5, 5.41) is 0. The van der Waals surface area contributed by atoms with Gasteiger partial charge in [0.05, 0.1) is 0 Å². The van der Waals surface area contributed by atoms with E-state index in [9.17, 15) is 0 Å². The molecule has 120 valence electrons. The van der Waals surface area contributed by atoms with E-state index in [1.165, 1.54) is 75.1 Å². The number of alkyl halides is 2. The van der Waals surface area contributed by atoms with Gasteiger partial charge in [0.15, 0.2) is 0 Å². The molecule has 0 N–H and O–H groups in total. The van der Waals surface area contributed by atoms with Crippen molar-refractivity contribution in [2.45, 2.75) is 94.8 Å². The maximum absolute atomic E-state index is 2.82. The highest BCUT2D eigenvalue weighted by Gasteiger charge is 2.37. The van der Waals surface area contributed by atoms with Gasteiger partial charge in [-0.25, -0.2) is 0 Å². The van der Waals surface area contributed by atoms with Gasteiger partial charge in [-0.15, -0.1) is 0 Å². The summed E-state index contributed by atoms with van der Waals surface area (Å²) in [4.78, 5) is 0. The van der Waals surface area contributed by atoms with Crippen LogP contribution in [0.4, 0.5) is 0 Å². The first-order chi connectivity index (χ1) is 9.43. The molecule has 1 aliphatic carbocycles. The Balaban J connectivity index is 2.42. The van der Waals surface area contributed by atoms with Crippen LogP contribution >= 0.6 is 45.2 Å². The molecule has 0 nitrogen and oxygen atoms in total. The summed E-state index contributed by atoms with van der Waals surface area (Å²) in [6.45, 7) is 7.45. The summed E-state index contributed by atoms with van der Waals surface area (Å²) in [6, 6.07) is 0. The fourth-order valence-corrected chi connectivity index (χ4v) is 5.15. The van der Waals surface area contributed by atoms with Crippen molar-refractivity contribution in [2.24, 2.45) is 11.3 Å². The monoisotopic (exact) mass is 504 g/mol. The van der Waals surface area contributed by atoms with Gasteiger partial charge in [0.2, 0.25) is 0 Å². The quantitative estimate of drug-likeness (QED) is 0.173. The molecule has 0 heterocycles. The molecular formula is C18H34I2. The van der Waals surface area contributed by atoms with Gasteiger partial charge < -0.3 is 0 Å². The minimum absolute atomic E-state index is 0.571. The van der Waals surface area contributed by atoms with Crippen LogP contribution in [-0.2, 0) is 0 Å². The molecule has 20 heavy (non-hydrogen) atoms. The topological polar surface area (TPSA) is 0 Å². The molecule has 0 spiro atoms. The van der Waals surface area contributed by atoms with Crippen molar-refractivity contribution in [1.29, 1.82) is 0 Å². The van der Waals surface area contributed by atoms with Crippen LogP contribution in [0, 0.1) is 11.3 Å². The van der Waals surface area contributed by atoms with E-state index in [4.69, 9.17) is 0 Å². The lowest BCUT2D eigenvalue weighted by Crippen LogP contribution is -2.34. The third-order valence-corrected chi connectivity index (χ3v) is 7.99. The van der Waals surface area contributed by atoms with Crippen LogP contribution in [-0.4, -0.2) is 7.85 Å². The van der Waals surface area contributed by atoms with Gasteiger partial charge in [-0.1, -0.05) is 98.1 Å². The van der Waals surface area contributed by atoms with E-state index >= 15 is 0 Å². The maximum atomic E-state index is 2.82. The molecule has 0 aromatic rings. The Morgan fingerprint density at radius 3 is 2.40 bits per heavy atom. The predicted molar refractivity (Wildman–Crippen MR) is 109 cm³/mol. The van der Waals surface area contributed by atoms with Gasteiger partial charge in [-0.3, -0.25) is 0 Å². The molecular weight excluding hydrogens is 470 g/mol. The molecule has 1 aliphatic rings. The van der Waals surface area contributed by atoms with Crippen molar-refractivity contribution in [3.05, 3.63) is 0 Å². The van der Waals surface area contributed by atoms with Crippen molar-refractivity contribution in [1.82, 2.24) is 0 Å². The van der Waals surface area contributed by atoms with E-state index in [1.807, 2.05) is 0 Å². The Hall–Kier alpha value is 1.46. The molecule has 2 unspecified atom stereocenters. The molecule has 2 atom stereocenters. The van der Waals surface area contributed by atoms with E-state index < -0.39 is 0 Å². The Morgan fingerprint density at radius 1 is 1.10 bits per heavy atom. The first-order valence-electron chi connectivity index (χ1n) is 8.68. The smallest absolute Gasteiger partial charge is 0.0222 e. The van der Waals surface area contributed by atoms with Crippen LogP contribution in [0.2, 0.25) is 0 Å². The van der Waals surface area contributed by atoms with Gasteiger partial charge in [-0.2, -0.15) is 0 Å². The second-order valence-corrected chi connectivity index (χ2v) is 10.9. The second-order valence-electron chi connectivity index (χ2n) is 7.49. The molecule has 0 radical (unpaired) electrons. The highest BCUT2D eigenvalue weighted by atomic mass is 127. The lowest BCUT2D eigenvalue weighted by atomic mass is 9.65. The molecule has 0 aromatic heterocycles. The van der Waals surface area contributed by atoms with E-state index in [0.29, 0.717) is 8.84 Å². The fourth-order valence-electron chi connectivity index (χ4n) is 3.70. The summed E-state index contributed by atoms with van der Waals surface area (Å²) < 4.78 is 1.90. The molecule has 1 rings (SSSR count). The number of rotatable bonds is 9. The lowest BCUT2D eigenvalue weighted by molar-refractivity contribution is 0.117. The van der Waals surface area contributed by atoms with Crippen LogP contribution in [0.1, 0.15) is 91.4 Å². The largest absolute Gasteiger partial charge is 0.0864 e. The second kappa shape index (κ2) is 9.57. The Morgan fingerprint density at radius 2 is 1.80 bits per heavy atom. The lowest BCUT2D eigenvalue weighted by Gasteiger charge is -2.43. The molecule has 1 fully saturated rings. The zero-order valence-corrected chi connectivity index (χ0v) is 18.1. The summed E-state index contributed by atoms with van der Waals surface area (Å²) in [5.74, 6) is 0.961. The third-order valence-electron chi connectivity index (χ3n) is 5.48. The van der Waals surface area contributed by atoms with E-state index in [0.717, 1.165) is 5.92 Å². The van der Waals surface area contributed by atoms with Gasteiger partial charge in [0.25, 0.3) is 0 Å². The summed E-state index contributed by atoms with van der Waals surface area (Å²) in [5.41, 5.74) is 0.588. The van der Waals surface area contributed by atoms with Gasteiger partial charge in [-0.05, 0) is 54.3 Å². The van der Waals surface area contributed by atoms with Gasteiger partial charge in [0.1, 0.15) is 0 Å². The molecule has 0 bridgehead atoms. The van der Waals surface area contributed by atoms with Crippen LogP contribution in [0.5, 0.6) is 0 Å². The minimum Gasteiger partial charge on any atom is -0.0864 e. The standard InChI is InChI=1S/C18H34I2/c1-4-18(20,13-8-5-6-10-14-19)15-16-11-7-9-12-17(16,2)3/h16H,4-15H2,1-3H3. The number of hydrogen-bond donors (Lipinski definition) is 0. The van der Waals surface area contributed by atoms with Crippen LogP contribution in [0.15, 0.2) is 0 Å². The summed E-state index contributed by atoms with van der Waals surface area (Å²) in [7, 11) is 0. The van der Waals surface area contributed by atoms with E-state index in [1.54, 1.807) is 0 Å². The SMILES string of the molecule is CCC(I)(CCCCCCI)CC1CCCCC1(C)C. The van der Waals surface area contributed by atoms with Crippen molar-refractivity contribution in [3.8, 4) is 0 Å². The Bertz CT molecular complexity index is 262. The van der Waals surface area contributed by atoms with Crippen LogP contribution in [0.3, 0.4) is 0 Å². The van der Waals surface area contributed by atoms with Crippen LogP contribution < -0.4 is 0 Å². The fraction of sp³-hybridized carbons (Fsp3) is 1.00. The zero-order chi connectivity index (χ0) is 15.1. The Labute approximate surface area is 154 Å². The minimum atomic E-state index is 0.571. The predicted octanol–water partition coefficient (Wildman–Crippen LogP) is 7.56. The summed E-state index contributed by atoms with van der Waals surface area (Å²) >= 11 is 5.32. The molecule has 0 aliphatic heterocycles. The summed E-state index contributed by atoms with van der Waals surface area (Å²) in [6.07, 6.45) is 15.9. The molecule has 2 heteroatoms. The number of halogens is 2. The highest BCUT2D eigenvalue weighted by Crippen LogP contribution is 2.48.